The molecule has 20 atom stereocenters. The molecule has 31 nitrogen and oxygen atoms in total. The molecule has 75 heavy (non-hydrogen) atoms. The second-order valence-electron chi connectivity index (χ2n) is 17.6. The Morgan fingerprint density at radius 3 is 2.37 bits per heavy atom. The van der Waals surface area contributed by atoms with Gasteiger partial charge in [0, 0.05) is 17.7 Å². The zero-order chi connectivity index (χ0) is 54.4. The number of imidazole rings is 1. The van der Waals surface area contributed by atoms with Gasteiger partial charge >= 0.3 is 24.1 Å². The monoisotopic (exact) mass is 1140 g/mol. The summed E-state index contributed by atoms with van der Waals surface area (Å²) in [6.07, 6.45) is -23.6. The van der Waals surface area contributed by atoms with Crippen LogP contribution in [0.25, 0.3) is 11.2 Å². The molecule has 0 radical (unpaired) electrons. The van der Waals surface area contributed by atoms with Gasteiger partial charge in [-0.3, -0.25) is 27.8 Å². The minimum atomic E-state index is -5.23. The maximum Gasteiger partial charge on any atom is 0.530 e. The lowest BCUT2D eigenvalue weighted by atomic mass is 9.95. The van der Waals surface area contributed by atoms with Gasteiger partial charge < -0.3 is 94.6 Å². The van der Waals surface area contributed by atoms with Crippen molar-refractivity contribution in [3.05, 3.63) is 47.4 Å². The van der Waals surface area contributed by atoms with E-state index >= 15 is 0 Å². The number of nitrogen functional groups attached to an aromatic ring is 1. The van der Waals surface area contributed by atoms with Gasteiger partial charge in [0.15, 0.2) is 29.2 Å². The standard InChI is InChI=1S/C40H54N7O24PS3/c1-4-21(51)43-22-13(2)74-39(29(56)27(22)54)70-33-30(57)38(68-19(9-49)31(33)69-37-23(46-75(59,60)61)32(64-14(3)50)26(53)18(8-48)67-37)65-16-5-6-17-15(7-16)10-62-72(58,71-17)63-11-20-25(52)28(55)36(66-20)47-12-42-24-34(47)44-40(41)45-35(24)73/h4-7,12-13,18-20,22-23,25-33,36-39,46,48-49,52-57H,1,8-11H2,2-3H3,(H,43,51)(H,59,60,61)(H3,41,44,45,73)/t13-,18+,19+,20?,22+,23+,25+,26-,27+,28+,29-,30+,31+,32+,33?,36+,37+,38+,39+,72?/m0/s1. The molecule has 14 N–H and O–H groups in total. The summed E-state index contributed by atoms with van der Waals surface area (Å²) in [4.78, 5) is 35.2. The first kappa shape index (κ1) is 57.1. The summed E-state index contributed by atoms with van der Waals surface area (Å²) in [6.45, 7) is 2.90. The molecule has 1 amide bonds. The van der Waals surface area contributed by atoms with Gasteiger partial charge in [-0.1, -0.05) is 25.7 Å². The number of amides is 1. The Morgan fingerprint density at radius 1 is 0.973 bits per heavy atom. The number of carbonyl (C=O) groups excluding carboxylic acids is 2. The van der Waals surface area contributed by atoms with Crippen LogP contribution in [-0.4, -0.2) is 214 Å². The number of aliphatic hydroxyl groups excluding tert-OH is 8. The number of aromatic nitrogens is 4. The molecular weight excluding hydrogens is 1090 g/mol. The number of fused-ring (bicyclic) bond motifs is 2. The number of thioether (sulfide) groups is 1. The molecule has 1 aromatic carbocycles. The summed E-state index contributed by atoms with van der Waals surface area (Å²) >= 11 is 6.09. The number of carbonyl (C=O) groups is 2. The number of anilines is 1. The number of H-pyrrole nitrogens is 1. The molecule has 4 saturated heterocycles. The topological polar surface area (TPSA) is 456 Å². The molecule has 0 aliphatic carbocycles. The Labute approximate surface area is 433 Å². The predicted octanol–water partition coefficient (Wildman–Crippen LogP) is -3.72. The molecule has 0 saturated carbocycles. The molecule has 4 fully saturated rings. The van der Waals surface area contributed by atoms with Crippen LogP contribution in [0.2, 0.25) is 0 Å². The Morgan fingerprint density at radius 2 is 1.69 bits per heavy atom. The lowest BCUT2D eigenvalue weighted by Gasteiger charge is -2.49. The van der Waals surface area contributed by atoms with Crippen LogP contribution in [0.4, 0.5) is 5.95 Å². The molecular formula is C40H54N7O24PS3. The zero-order valence-electron chi connectivity index (χ0n) is 39.1. The van der Waals surface area contributed by atoms with Crippen LogP contribution < -0.4 is 25.0 Å². The summed E-state index contributed by atoms with van der Waals surface area (Å²) in [5.41, 5.74) is 5.03. The van der Waals surface area contributed by atoms with Crippen LogP contribution in [0.15, 0.2) is 37.2 Å². The van der Waals surface area contributed by atoms with Crippen LogP contribution in [0.5, 0.6) is 11.5 Å². The van der Waals surface area contributed by atoms with E-state index in [0.717, 1.165) is 24.8 Å². The van der Waals surface area contributed by atoms with E-state index in [9.17, 15) is 68.0 Å². The molecule has 416 valence electrons. The van der Waals surface area contributed by atoms with E-state index in [4.69, 9.17) is 64.7 Å². The first-order valence-corrected chi connectivity index (χ1v) is 26.9. The van der Waals surface area contributed by atoms with Crippen molar-refractivity contribution in [2.24, 2.45) is 0 Å². The third-order valence-electron chi connectivity index (χ3n) is 12.5. The van der Waals surface area contributed by atoms with E-state index in [1.165, 1.54) is 29.1 Å². The summed E-state index contributed by atoms with van der Waals surface area (Å²) in [5, 5.41) is 90.0. The Bertz CT molecular complexity index is 2800. The highest BCUT2D eigenvalue weighted by atomic mass is 32.2. The molecule has 7 heterocycles. The molecule has 2 aromatic heterocycles. The fourth-order valence-electron chi connectivity index (χ4n) is 8.88. The Hall–Kier alpha value is -4.08. The smallest absolute Gasteiger partial charge is 0.462 e. The van der Waals surface area contributed by atoms with Crippen molar-refractivity contribution in [1.82, 2.24) is 29.6 Å². The van der Waals surface area contributed by atoms with Crippen LogP contribution in [0.1, 0.15) is 25.6 Å². The fraction of sp³-hybridized carbons (Fsp3) is 0.625. The minimum absolute atomic E-state index is 0.0282. The molecule has 3 unspecified atom stereocenters. The van der Waals surface area contributed by atoms with Crippen molar-refractivity contribution in [2.45, 2.75) is 135 Å². The van der Waals surface area contributed by atoms with Gasteiger partial charge in [-0.05, 0) is 24.3 Å². The van der Waals surface area contributed by atoms with Crippen LogP contribution in [0.3, 0.4) is 0 Å². The van der Waals surface area contributed by atoms with Gasteiger partial charge in [-0.25, -0.2) is 14.5 Å². The fourth-order valence-corrected chi connectivity index (χ4v) is 12.3. The first-order chi connectivity index (χ1) is 35.4. The molecule has 5 aliphatic heterocycles. The highest BCUT2D eigenvalue weighted by molar-refractivity contribution is 8.00. The summed E-state index contributed by atoms with van der Waals surface area (Å²) in [6, 6.07) is 0.871. The van der Waals surface area contributed by atoms with Crippen LogP contribution in [0, 0.1) is 4.64 Å². The number of phosphoric ester groups is 1. The lowest BCUT2D eigenvalue weighted by Crippen LogP contribution is -2.69. The van der Waals surface area contributed by atoms with Crippen molar-refractivity contribution in [1.29, 1.82) is 0 Å². The summed E-state index contributed by atoms with van der Waals surface area (Å²) < 4.78 is 109. The van der Waals surface area contributed by atoms with E-state index in [-0.39, 0.29) is 38.8 Å². The highest BCUT2D eigenvalue weighted by Gasteiger charge is 2.56. The number of ether oxygens (including phenoxy) is 7. The number of benzene rings is 1. The second-order valence-corrected chi connectivity index (χ2v) is 22.2. The molecule has 0 spiro atoms. The Kier molecular flexibility index (Phi) is 17.6. The number of nitrogens with two attached hydrogens (primary N) is 1. The zero-order valence-corrected chi connectivity index (χ0v) is 42.5. The van der Waals surface area contributed by atoms with Crippen LogP contribution in [-0.2, 0) is 68.5 Å². The number of hydrogen-bond acceptors (Lipinski definition) is 28. The van der Waals surface area contributed by atoms with Gasteiger partial charge in [0.2, 0.25) is 12.2 Å². The first-order valence-electron chi connectivity index (χ1n) is 22.6. The number of hydrogen-bond donors (Lipinski definition) is 13. The predicted molar refractivity (Wildman–Crippen MR) is 251 cm³/mol. The third kappa shape index (κ3) is 12.3. The van der Waals surface area contributed by atoms with Crippen molar-refractivity contribution < 1.29 is 115 Å². The minimum Gasteiger partial charge on any atom is -0.462 e. The van der Waals surface area contributed by atoms with E-state index in [1.807, 2.05) is 0 Å². The van der Waals surface area contributed by atoms with Crippen LogP contribution >= 0.6 is 31.8 Å². The number of nitrogens with one attached hydrogen (secondary N) is 3. The van der Waals surface area contributed by atoms with E-state index in [0.29, 0.717) is 0 Å². The average Bonchev–Trinajstić information content (AvgIpc) is 3.90. The largest absolute Gasteiger partial charge is 0.530 e. The number of aromatic amines is 1. The van der Waals surface area contributed by atoms with Gasteiger partial charge in [0.25, 0.3) is 0 Å². The molecule has 8 rings (SSSR count). The Balaban J connectivity index is 1.00. The quantitative estimate of drug-likeness (QED) is 0.0203. The molecule has 0 bridgehead atoms. The SMILES string of the molecule is C=CC(=O)N[C@H]1[C@@H](O)[C@H](O)[C@H](OC2[C@@H](O)[C@H](Oc3ccc4c(c3)COP(=O)(OCC3O[C@@H](n5cnc6c(=S)nc(N)[nH]c65)[C@H](O)[C@@H]3O)O4)O[C@H](CO)[C@H]2O[C@H]2O[C@H](CO)[C@H](O)[C@H](OC(C)=O)[C@H]2NS(=O)(=O)O)S[C@H]1C. The van der Waals surface area contributed by atoms with Gasteiger partial charge in [0.1, 0.15) is 101 Å². The number of aliphatic hydroxyl groups is 8. The number of rotatable bonds is 17. The summed E-state index contributed by atoms with van der Waals surface area (Å²) in [5.74, 6) is -1.85. The highest BCUT2D eigenvalue weighted by Crippen LogP contribution is 2.55. The van der Waals surface area contributed by atoms with E-state index in [2.05, 4.69) is 26.8 Å². The van der Waals surface area contributed by atoms with Gasteiger partial charge in [-0.2, -0.15) is 13.1 Å². The number of nitrogens with zero attached hydrogens (tertiary/aromatic N) is 3. The molecule has 35 heteroatoms. The van der Waals surface area contributed by atoms with Crippen molar-refractivity contribution in [3.8, 4) is 11.5 Å². The maximum atomic E-state index is 13.7. The number of esters is 1. The molecule has 5 aliphatic rings. The maximum absolute atomic E-state index is 13.7. The summed E-state index contributed by atoms with van der Waals surface area (Å²) in [7, 11) is -9.67. The normalized spacial score (nSPS) is 38.0. The third-order valence-corrected chi connectivity index (χ3v) is 16.1. The van der Waals surface area contributed by atoms with Crippen molar-refractivity contribution >= 4 is 71.1 Å². The van der Waals surface area contributed by atoms with E-state index < -0.39 is 171 Å². The van der Waals surface area contributed by atoms with E-state index in [1.54, 1.807) is 11.6 Å². The van der Waals surface area contributed by atoms with Crippen molar-refractivity contribution in [3.63, 3.8) is 0 Å². The molecule has 3 aromatic rings. The van der Waals surface area contributed by atoms with Crippen molar-refractivity contribution in [2.75, 3.05) is 25.6 Å². The van der Waals surface area contributed by atoms with Gasteiger partial charge in [0.05, 0.1) is 38.8 Å². The van der Waals surface area contributed by atoms with Gasteiger partial charge in [-0.15, -0.1) is 11.8 Å². The second kappa shape index (κ2) is 23.1. The number of phosphoric acid groups is 1. The average molecular weight is 1140 g/mol. The lowest BCUT2D eigenvalue weighted by molar-refractivity contribution is -0.344.